The lowest BCUT2D eigenvalue weighted by Crippen LogP contribution is -2.15. The minimum Gasteiger partial charge on any atom is -0.388 e. The molecule has 20 heavy (non-hydrogen) atoms. The molecule has 0 spiro atoms. The van der Waals surface area contributed by atoms with E-state index in [0.717, 1.165) is 12.2 Å². The summed E-state index contributed by atoms with van der Waals surface area (Å²) >= 11 is 0. The minimum atomic E-state index is -0.109. The van der Waals surface area contributed by atoms with Crippen molar-refractivity contribution >= 4 is 0 Å². The average Bonchev–Trinajstić information content (AvgIpc) is 2.90. The topological polar surface area (TPSA) is 60.2 Å². The van der Waals surface area contributed by atoms with Gasteiger partial charge in [-0.2, -0.15) is 0 Å². The van der Waals surface area contributed by atoms with Gasteiger partial charge in [-0.15, -0.1) is 10.2 Å². The third-order valence-electron chi connectivity index (χ3n) is 3.44. The second-order valence-corrected chi connectivity index (χ2v) is 4.65. The van der Waals surface area contributed by atoms with Crippen molar-refractivity contribution in [2.45, 2.75) is 32.4 Å². The summed E-state index contributed by atoms with van der Waals surface area (Å²) in [5, 5.41) is 17.8. The van der Waals surface area contributed by atoms with Crippen LogP contribution in [0.15, 0.2) is 30.3 Å². The van der Waals surface area contributed by atoms with Crippen molar-refractivity contribution in [2.24, 2.45) is 0 Å². The lowest BCUT2D eigenvalue weighted by Gasteiger charge is -2.17. The number of benzene rings is 1. The normalized spacial score (nSPS) is 12.6. The molecule has 1 unspecified atom stereocenters. The molecule has 0 saturated heterocycles. The summed E-state index contributed by atoms with van der Waals surface area (Å²) in [6, 6.07) is 10.3. The van der Waals surface area contributed by atoms with Gasteiger partial charge in [-0.25, -0.2) is 0 Å². The fourth-order valence-electron chi connectivity index (χ4n) is 2.40. The van der Waals surface area contributed by atoms with Crippen LogP contribution in [0.2, 0.25) is 0 Å². The van der Waals surface area contributed by atoms with Crippen molar-refractivity contribution in [2.75, 3.05) is 13.7 Å². The molecule has 0 fully saturated rings. The van der Waals surface area contributed by atoms with E-state index in [-0.39, 0.29) is 12.5 Å². The molecule has 1 N–H and O–H groups in total. The highest BCUT2D eigenvalue weighted by Gasteiger charge is 2.20. The van der Waals surface area contributed by atoms with E-state index in [1.807, 2.05) is 22.8 Å². The first-order valence-electron chi connectivity index (χ1n) is 6.88. The van der Waals surface area contributed by atoms with Crippen LogP contribution in [0, 0.1) is 0 Å². The van der Waals surface area contributed by atoms with Crippen LogP contribution in [0.3, 0.4) is 0 Å². The third-order valence-corrected chi connectivity index (χ3v) is 3.44. The van der Waals surface area contributed by atoms with Crippen LogP contribution >= 0.6 is 0 Å². The lowest BCUT2D eigenvalue weighted by molar-refractivity contribution is 0.181. The summed E-state index contributed by atoms with van der Waals surface area (Å²) in [6.45, 7) is 3.24. The Morgan fingerprint density at radius 1 is 1.25 bits per heavy atom. The molecule has 0 aliphatic rings. The maximum atomic E-state index is 9.39. The van der Waals surface area contributed by atoms with Gasteiger partial charge in [0, 0.05) is 19.6 Å². The van der Waals surface area contributed by atoms with Gasteiger partial charge in [-0.05, 0) is 12.0 Å². The minimum absolute atomic E-state index is 0.109. The Bertz CT molecular complexity index is 525. The van der Waals surface area contributed by atoms with E-state index in [1.54, 1.807) is 7.11 Å². The van der Waals surface area contributed by atoms with Gasteiger partial charge in [0.05, 0.1) is 6.61 Å². The molecule has 2 aromatic rings. The number of nitrogens with zero attached hydrogens (tertiary/aromatic N) is 3. The molecule has 108 valence electrons. The predicted molar refractivity (Wildman–Crippen MR) is 76.4 cm³/mol. The van der Waals surface area contributed by atoms with Gasteiger partial charge in [0.1, 0.15) is 12.4 Å². The fraction of sp³-hybridized carbons (Fsp3) is 0.467. The molecule has 0 aliphatic carbocycles. The van der Waals surface area contributed by atoms with E-state index in [2.05, 4.69) is 29.3 Å². The monoisotopic (exact) mass is 275 g/mol. The van der Waals surface area contributed by atoms with E-state index in [4.69, 9.17) is 4.74 Å². The number of hydrogen-bond donors (Lipinski definition) is 1. The smallest absolute Gasteiger partial charge is 0.158 e. The molecule has 5 nitrogen and oxygen atoms in total. The van der Waals surface area contributed by atoms with Gasteiger partial charge in [-0.1, -0.05) is 37.3 Å². The highest BCUT2D eigenvalue weighted by Crippen LogP contribution is 2.26. The first-order valence-corrected chi connectivity index (χ1v) is 6.88. The largest absolute Gasteiger partial charge is 0.388 e. The number of ether oxygens (including phenoxy) is 1. The van der Waals surface area contributed by atoms with E-state index in [1.165, 1.54) is 5.56 Å². The second kappa shape index (κ2) is 7.17. The molecule has 0 aliphatic heterocycles. The predicted octanol–water partition coefficient (Wildman–Crippen LogP) is 1.96. The van der Waals surface area contributed by atoms with E-state index >= 15 is 0 Å². The number of hydrogen-bond acceptors (Lipinski definition) is 4. The summed E-state index contributed by atoms with van der Waals surface area (Å²) in [6.07, 6.45) is 0.931. The molecule has 5 heteroatoms. The van der Waals surface area contributed by atoms with Crippen molar-refractivity contribution in [3.8, 4) is 0 Å². The van der Waals surface area contributed by atoms with Crippen LogP contribution in [0.4, 0.5) is 0 Å². The molecule has 1 aromatic carbocycles. The highest BCUT2D eigenvalue weighted by molar-refractivity contribution is 5.25. The van der Waals surface area contributed by atoms with Gasteiger partial charge in [0.25, 0.3) is 0 Å². The van der Waals surface area contributed by atoms with E-state index in [0.29, 0.717) is 19.0 Å². The summed E-state index contributed by atoms with van der Waals surface area (Å²) in [5.41, 5.74) is 1.21. The standard InChI is InChI=1S/C15H21N3O2/c1-3-13(12-7-5-4-6-8-12)15-17-16-14(11-19)18(15)9-10-20-2/h4-8,13,19H,3,9-11H2,1-2H3. The molecule has 0 bridgehead atoms. The van der Waals surface area contributed by atoms with Gasteiger partial charge in [-0.3, -0.25) is 0 Å². The van der Waals surface area contributed by atoms with Crippen LogP contribution in [-0.2, 0) is 17.9 Å². The molecular weight excluding hydrogens is 254 g/mol. The molecule has 0 radical (unpaired) electrons. The van der Waals surface area contributed by atoms with Crippen LogP contribution in [-0.4, -0.2) is 33.6 Å². The van der Waals surface area contributed by atoms with Gasteiger partial charge >= 0.3 is 0 Å². The van der Waals surface area contributed by atoms with Crippen molar-refractivity contribution in [1.82, 2.24) is 14.8 Å². The van der Waals surface area contributed by atoms with Crippen molar-refractivity contribution in [3.63, 3.8) is 0 Å². The van der Waals surface area contributed by atoms with E-state index in [9.17, 15) is 5.11 Å². The average molecular weight is 275 g/mol. The van der Waals surface area contributed by atoms with Crippen LogP contribution in [0.1, 0.15) is 36.5 Å². The Morgan fingerprint density at radius 3 is 2.60 bits per heavy atom. The van der Waals surface area contributed by atoms with Gasteiger partial charge in [0.2, 0.25) is 0 Å². The number of aliphatic hydroxyl groups excluding tert-OH is 1. The Balaban J connectivity index is 2.36. The molecular formula is C15H21N3O2. The zero-order valence-electron chi connectivity index (χ0n) is 12.0. The summed E-state index contributed by atoms with van der Waals surface area (Å²) < 4.78 is 7.09. The molecule has 0 amide bonds. The zero-order valence-corrected chi connectivity index (χ0v) is 12.0. The molecule has 1 heterocycles. The number of rotatable bonds is 7. The van der Waals surface area contributed by atoms with Gasteiger partial charge in [0.15, 0.2) is 5.82 Å². The van der Waals surface area contributed by atoms with Crippen LogP contribution < -0.4 is 0 Å². The maximum absolute atomic E-state index is 9.39. The first kappa shape index (κ1) is 14.7. The van der Waals surface area contributed by atoms with Gasteiger partial charge < -0.3 is 14.4 Å². The van der Waals surface area contributed by atoms with E-state index < -0.39 is 0 Å². The lowest BCUT2D eigenvalue weighted by atomic mass is 9.95. The Morgan fingerprint density at radius 2 is 2.00 bits per heavy atom. The molecule has 0 saturated carbocycles. The Labute approximate surface area is 119 Å². The number of aromatic nitrogens is 3. The summed E-state index contributed by atoms with van der Waals surface area (Å²) in [4.78, 5) is 0. The second-order valence-electron chi connectivity index (χ2n) is 4.65. The maximum Gasteiger partial charge on any atom is 0.158 e. The fourth-order valence-corrected chi connectivity index (χ4v) is 2.40. The first-order chi connectivity index (χ1) is 9.81. The molecule has 1 atom stereocenters. The quantitative estimate of drug-likeness (QED) is 0.839. The number of aliphatic hydroxyl groups is 1. The van der Waals surface area contributed by atoms with Crippen LogP contribution in [0.25, 0.3) is 0 Å². The number of methoxy groups -OCH3 is 1. The summed E-state index contributed by atoms with van der Waals surface area (Å²) in [7, 11) is 1.66. The van der Waals surface area contributed by atoms with Crippen molar-refractivity contribution in [1.29, 1.82) is 0 Å². The summed E-state index contributed by atoms with van der Waals surface area (Å²) in [5.74, 6) is 1.66. The zero-order chi connectivity index (χ0) is 14.4. The Kier molecular flexibility index (Phi) is 5.26. The third kappa shape index (κ3) is 3.05. The Hall–Kier alpha value is -1.72. The van der Waals surface area contributed by atoms with Crippen molar-refractivity contribution < 1.29 is 9.84 Å². The van der Waals surface area contributed by atoms with Crippen LogP contribution in [0.5, 0.6) is 0 Å². The van der Waals surface area contributed by atoms with Crippen molar-refractivity contribution in [3.05, 3.63) is 47.5 Å². The SMILES string of the molecule is CCC(c1ccccc1)c1nnc(CO)n1CCOC. The highest BCUT2D eigenvalue weighted by atomic mass is 16.5. The molecule has 1 aromatic heterocycles. The molecule has 2 rings (SSSR count).